The fraction of sp³-hybridized carbons (Fsp3) is 0.957. The first kappa shape index (κ1) is 48.0. The van der Waals surface area contributed by atoms with Crippen molar-refractivity contribution in [3.05, 3.63) is 0 Å². The molecule has 3 unspecified atom stereocenters. The van der Waals surface area contributed by atoms with E-state index in [0.717, 1.165) is 103 Å². The van der Waals surface area contributed by atoms with Gasteiger partial charge in [-0.15, -0.1) is 0 Å². The molecule has 0 radical (unpaired) electrons. The highest BCUT2D eigenvalue weighted by Crippen LogP contribution is 2.40. The number of nitrogens with zero attached hydrogens (tertiary/aromatic N) is 2. The van der Waals surface area contributed by atoms with Gasteiger partial charge in [0, 0.05) is 19.7 Å². The number of esters is 2. The van der Waals surface area contributed by atoms with Crippen LogP contribution in [0.25, 0.3) is 0 Å². The van der Waals surface area contributed by atoms with E-state index >= 15 is 0 Å². The SMILES string of the molecule is CCCCCCCCC(CCCCCC)C(=O)OCC(COC(=O)C(CCCCCC)CCCCCCCC)N1CCC2(CCN(CCCCO)C2)C1. The van der Waals surface area contributed by atoms with E-state index in [-0.39, 0.29) is 41.8 Å². The topological polar surface area (TPSA) is 79.3 Å². The second-order valence-electron chi connectivity index (χ2n) is 17.3. The van der Waals surface area contributed by atoms with Crippen LogP contribution < -0.4 is 0 Å². The van der Waals surface area contributed by atoms with Crippen LogP contribution in [0, 0.1) is 17.3 Å². The molecule has 312 valence electrons. The van der Waals surface area contributed by atoms with Crippen molar-refractivity contribution in [3.63, 3.8) is 0 Å². The average molecular weight is 749 g/mol. The number of hydrogen-bond acceptors (Lipinski definition) is 7. The normalized spacial score (nSPS) is 19.6. The average Bonchev–Trinajstić information content (AvgIpc) is 3.77. The van der Waals surface area contributed by atoms with Gasteiger partial charge in [0.1, 0.15) is 13.2 Å². The summed E-state index contributed by atoms with van der Waals surface area (Å²) in [6, 6.07) is -0.102. The molecule has 53 heavy (non-hydrogen) atoms. The highest BCUT2D eigenvalue weighted by atomic mass is 16.5. The Balaban J connectivity index is 2.09. The zero-order valence-electron chi connectivity index (χ0n) is 35.7. The molecule has 2 saturated heterocycles. The van der Waals surface area contributed by atoms with Crippen LogP contribution in [-0.4, -0.2) is 85.4 Å². The van der Waals surface area contributed by atoms with E-state index < -0.39 is 0 Å². The first-order chi connectivity index (χ1) is 25.9. The summed E-state index contributed by atoms with van der Waals surface area (Å²) >= 11 is 0. The Kier molecular flexibility index (Phi) is 28.0. The van der Waals surface area contributed by atoms with Crippen molar-refractivity contribution in [1.82, 2.24) is 9.80 Å². The summed E-state index contributed by atoms with van der Waals surface area (Å²) in [6.45, 7) is 15.1. The van der Waals surface area contributed by atoms with Crippen molar-refractivity contribution in [2.45, 2.75) is 214 Å². The van der Waals surface area contributed by atoms with Gasteiger partial charge in [-0.1, -0.05) is 156 Å². The van der Waals surface area contributed by atoms with Gasteiger partial charge in [-0.25, -0.2) is 0 Å². The first-order valence-corrected chi connectivity index (χ1v) is 23.3. The highest BCUT2D eigenvalue weighted by Gasteiger charge is 2.45. The van der Waals surface area contributed by atoms with E-state index in [4.69, 9.17) is 9.47 Å². The molecule has 0 amide bonds. The molecule has 1 N–H and O–H groups in total. The lowest BCUT2D eigenvalue weighted by Gasteiger charge is -2.31. The lowest BCUT2D eigenvalue weighted by Crippen LogP contribution is -2.44. The zero-order chi connectivity index (χ0) is 38.4. The summed E-state index contributed by atoms with van der Waals surface area (Å²) in [5, 5.41) is 9.28. The number of aliphatic hydroxyl groups excluding tert-OH is 1. The van der Waals surface area contributed by atoms with Crippen LogP contribution in [0.2, 0.25) is 0 Å². The molecule has 3 atom stereocenters. The van der Waals surface area contributed by atoms with Crippen molar-refractivity contribution >= 4 is 11.9 Å². The van der Waals surface area contributed by atoms with E-state index in [1.165, 1.54) is 109 Å². The smallest absolute Gasteiger partial charge is 0.308 e. The first-order valence-electron chi connectivity index (χ1n) is 23.3. The summed E-state index contributed by atoms with van der Waals surface area (Å²) in [6.07, 6.45) is 32.1. The predicted molar refractivity (Wildman–Crippen MR) is 222 cm³/mol. The maximum Gasteiger partial charge on any atom is 0.308 e. The molecule has 0 saturated carbocycles. The van der Waals surface area contributed by atoms with Crippen LogP contribution in [0.15, 0.2) is 0 Å². The third-order valence-electron chi connectivity index (χ3n) is 12.5. The van der Waals surface area contributed by atoms with E-state index in [2.05, 4.69) is 37.5 Å². The van der Waals surface area contributed by atoms with Gasteiger partial charge < -0.3 is 19.5 Å². The zero-order valence-corrected chi connectivity index (χ0v) is 35.7. The minimum Gasteiger partial charge on any atom is -0.464 e. The maximum absolute atomic E-state index is 13.8. The van der Waals surface area contributed by atoms with Gasteiger partial charge >= 0.3 is 11.9 Å². The number of ether oxygens (including phenoxy) is 2. The molecule has 2 aliphatic rings. The van der Waals surface area contributed by atoms with Crippen LogP contribution in [0.1, 0.15) is 207 Å². The number of hydrogen-bond donors (Lipinski definition) is 1. The Morgan fingerprint density at radius 3 is 1.42 bits per heavy atom. The molecular formula is C46H88N2O5. The highest BCUT2D eigenvalue weighted by molar-refractivity contribution is 5.73. The summed E-state index contributed by atoms with van der Waals surface area (Å²) < 4.78 is 12.5. The number of likely N-dealkylation sites (tertiary alicyclic amines) is 2. The molecule has 0 aliphatic carbocycles. The number of carbonyl (C=O) groups excluding carboxylic acids is 2. The predicted octanol–water partition coefficient (Wildman–Crippen LogP) is 11.3. The van der Waals surface area contributed by atoms with Crippen LogP contribution in [0.3, 0.4) is 0 Å². The Morgan fingerprint density at radius 2 is 0.962 bits per heavy atom. The standard InChI is InChI=1S/C46H88N2O5/c1-5-9-13-17-19-23-29-41(27-21-15-11-7-3)44(50)52-37-43(48-35-32-46(40-48)31-34-47(39-46)33-25-26-36-49)38-53-45(51)42(28-22-16-12-8-4)30-24-20-18-14-10-6-2/h41-43,49H,5-40H2,1-4H3. The van der Waals surface area contributed by atoms with E-state index in [0.29, 0.717) is 13.2 Å². The van der Waals surface area contributed by atoms with Crippen molar-refractivity contribution in [1.29, 1.82) is 0 Å². The lowest BCUT2D eigenvalue weighted by molar-refractivity contribution is -0.155. The summed E-state index contributed by atoms with van der Waals surface area (Å²) in [4.78, 5) is 32.6. The lowest BCUT2D eigenvalue weighted by atomic mass is 9.86. The minimum atomic E-state index is -0.102. The molecule has 1 spiro atoms. The summed E-state index contributed by atoms with van der Waals surface area (Å²) in [5.41, 5.74) is 0.255. The maximum atomic E-state index is 13.8. The van der Waals surface area contributed by atoms with E-state index in [1.807, 2.05) is 0 Å². The molecule has 2 fully saturated rings. The Labute approximate surface area is 328 Å². The van der Waals surface area contributed by atoms with Crippen molar-refractivity contribution < 1.29 is 24.2 Å². The second-order valence-corrected chi connectivity index (χ2v) is 17.3. The van der Waals surface area contributed by atoms with Gasteiger partial charge in [-0.2, -0.15) is 0 Å². The van der Waals surface area contributed by atoms with Crippen molar-refractivity contribution in [3.8, 4) is 0 Å². The second kappa shape index (κ2) is 31.0. The quantitative estimate of drug-likeness (QED) is 0.0510. The third kappa shape index (κ3) is 21.1. The molecule has 7 heteroatoms. The molecule has 0 bridgehead atoms. The molecule has 2 heterocycles. The van der Waals surface area contributed by atoms with Crippen LogP contribution in [0.4, 0.5) is 0 Å². The number of unbranched alkanes of at least 4 members (excludes halogenated alkanes) is 17. The van der Waals surface area contributed by atoms with Crippen molar-refractivity contribution in [2.75, 3.05) is 52.5 Å². The molecule has 2 aliphatic heterocycles. The minimum absolute atomic E-state index is 0.0294. The fourth-order valence-corrected chi connectivity index (χ4v) is 8.87. The Morgan fingerprint density at radius 1 is 0.547 bits per heavy atom. The van der Waals surface area contributed by atoms with E-state index in [1.54, 1.807) is 0 Å². The molecule has 0 aromatic heterocycles. The fourth-order valence-electron chi connectivity index (χ4n) is 8.87. The van der Waals surface area contributed by atoms with Crippen LogP contribution in [0.5, 0.6) is 0 Å². The van der Waals surface area contributed by atoms with E-state index in [9.17, 15) is 14.7 Å². The Hall–Kier alpha value is -1.18. The summed E-state index contributed by atoms with van der Waals surface area (Å²) in [7, 11) is 0. The monoisotopic (exact) mass is 749 g/mol. The number of aliphatic hydroxyl groups is 1. The summed E-state index contributed by atoms with van der Waals surface area (Å²) in [5.74, 6) is -0.127. The molecular weight excluding hydrogens is 661 g/mol. The largest absolute Gasteiger partial charge is 0.464 e. The van der Waals surface area contributed by atoms with Gasteiger partial charge in [0.15, 0.2) is 0 Å². The van der Waals surface area contributed by atoms with Crippen LogP contribution in [-0.2, 0) is 19.1 Å². The van der Waals surface area contributed by atoms with Gasteiger partial charge in [0.2, 0.25) is 0 Å². The molecule has 0 aromatic carbocycles. The molecule has 7 nitrogen and oxygen atoms in total. The van der Waals surface area contributed by atoms with Gasteiger partial charge in [0.05, 0.1) is 17.9 Å². The van der Waals surface area contributed by atoms with Crippen molar-refractivity contribution in [2.24, 2.45) is 17.3 Å². The molecule has 2 rings (SSSR count). The number of carbonyl (C=O) groups is 2. The van der Waals surface area contributed by atoms with Gasteiger partial charge in [-0.3, -0.25) is 14.5 Å². The number of rotatable bonds is 35. The van der Waals surface area contributed by atoms with Gasteiger partial charge in [0.25, 0.3) is 0 Å². The van der Waals surface area contributed by atoms with Crippen LogP contribution >= 0.6 is 0 Å². The van der Waals surface area contributed by atoms with Gasteiger partial charge in [-0.05, 0) is 76.4 Å². The Bertz CT molecular complexity index is 853. The third-order valence-corrected chi connectivity index (χ3v) is 12.5. The molecule has 0 aromatic rings.